The molecule has 7 nitrogen and oxygen atoms in total. The molecule has 0 aliphatic carbocycles. The van der Waals surface area contributed by atoms with E-state index in [9.17, 15) is 13.2 Å². The zero-order chi connectivity index (χ0) is 21.6. The van der Waals surface area contributed by atoms with E-state index in [-0.39, 0.29) is 11.9 Å². The standard InChI is InChI=1S/C20H27F3N6O/c1-11(2)29-17(15-10-28(9-12(15)3)14-7-25-8-14)5-16(27-29)13-4-18(19(24)26-6-13)30-20(21,22)23/h4-6,11-12,14-15,25H,7-10H2,1-3H3,(H2,24,26). The molecule has 0 aromatic carbocycles. The number of likely N-dealkylation sites (tertiary alicyclic amines) is 1. The maximum absolute atomic E-state index is 12.7. The van der Waals surface area contributed by atoms with Crippen LogP contribution in [-0.4, -0.2) is 58.2 Å². The third-order valence-corrected chi connectivity index (χ3v) is 5.95. The van der Waals surface area contributed by atoms with Crippen molar-refractivity contribution < 1.29 is 17.9 Å². The van der Waals surface area contributed by atoms with E-state index < -0.39 is 12.1 Å². The van der Waals surface area contributed by atoms with Crippen LogP contribution >= 0.6 is 0 Å². The van der Waals surface area contributed by atoms with Crippen LogP contribution in [0.25, 0.3) is 11.3 Å². The first-order valence-corrected chi connectivity index (χ1v) is 10.2. The van der Waals surface area contributed by atoms with Crippen molar-refractivity contribution in [2.24, 2.45) is 5.92 Å². The van der Waals surface area contributed by atoms with Crippen LogP contribution in [0.5, 0.6) is 5.75 Å². The number of hydrogen-bond donors (Lipinski definition) is 2. The smallest absolute Gasteiger partial charge is 0.402 e. The minimum Gasteiger partial charge on any atom is -0.402 e. The maximum Gasteiger partial charge on any atom is 0.573 e. The number of anilines is 1. The Morgan fingerprint density at radius 2 is 1.97 bits per heavy atom. The molecule has 0 spiro atoms. The summed E-state index contributed by atoms with van der Waals surface area (Å²) in [5.74, 6) is -0.0597. The van der Waals surface area contributed by atoms with Gasteiger partial charge in [-0.15, -0.1) is 13.2 Å². The fraction of sp³-hybridized carbons (Fsp3) is 0.600. The lowest BCUT2D eigenvalue weighted by Gasteiger charge is -2.35. The quantitative estimate of drug-likeness (QED) is 0.768. The summed E-state index contributed by atoms with van der Waals surface area (Å²) in [6.07, 6.45) is -3.41. The Balaban J connectivity index is 1.65. The predicted molar refractivity (Wildman–Crippen MR) is 107 cm³/mol. The lowest BCUT2D eigenvalue weighted by molar-refractivity contribution is -0.274. The first-order valence-electron chi connectivity index (χ1n) is 10.2. The van der Waals surface area contributed by atoms with Gasteiger partial charge in [-0.25, -0.2) is 4.98 Å². The third kappa shape index (κ3) is 4.11. The summed E-state index contributed by atoms with van der Waals surface area (Å²) in [6, 6.07) is 3.91. The molecule has 2 aliphatic rings. The summed E-state index contributed by atoms with van der Waals surface area (Å²) < 4.78 is 44.0. The van der Waals surface area contributed by atoms with Crippen LogP contribution in [0.15, 0.2) is 18.3 Å². The molecule has 2 atom stereocenters. The molecule has 3 N–H and O–H groups in total. The predicted octanol–water partition coefficient (Wildman–Crippen LogP) is 3.01. The summed E-state index contributed by atoms with van der Waals surface area (Å²) in [6.45, 7) is 10.4. The minimum absolute atomic E-state index is 0.119. The number of nitrogens with two attached hydrogens (primary N) is 1. The van der Waals surface area contributed by atoms with Gasteiger partial charge in [-0.05, 0) is 31.9 Å². The third-order valence-electron chi connectivity index (χ3n) is 5.95. The van der Waals surface area contributed by atoms with Gasteiger partial charge in [-0.2, -0.15) is 5.10 Å². The molecule has 164 valence electrons. The van der Waals surface area contributed by atoms with Gasteiger partial charge in [0.1, 0.15) is 0 Å². The molecule has 4 rings (SSSR count). The van der Waals surface area contributed by atoms with Crippen LogP contribution in [-0.2, 0) is 0 Å². The van der Waals surface area contributed by atoms with Crippen molar-refractivity contribution in [2.45, 2.75) is 45.1 Å². The molecule has 0 bridgehead atoms. The van der Waals surface area contributed by atoms with E-state index in [2.05, 4.69) is 26.9 Å². The fourth-order valence-corrected chi connectivity index (χ4v) is 4.26. The van der Waals surface area contributed by atoms with Gasteiger partial charge in [0.05, 0.1) is 5.69 Å². The molecule has 30 heavy (non-hydrogen) atoms. The largest absolute Gasteiger partial charge is 0.573 e. The molecule has 0 amide bonds. The summed E-state index contributed by atoms with van der Waals surface area (Å²) in [4.78, 5) is 6.40. The molecular formula is C20H27F3N6O. The van der Waals surface area contributed by atoms with E-state index in [4.69, 9.17) is 10.8 Å². The summed E-state index contributed by atoms with van der Waals surface area (Å²) in [5.41, 5.74) is 7.66. The maximum atomic E-state index is 12.7. The molecule has 2 aliphatic heterocycles. The van der Waals surface area contributed by atoms with Crippen LogP contribution in [0.2, 0.25) is 0 Å². The Bertz CT molecular complexity index is 908. The SMILES string of the molecule is CC1CN(C2CNC2)CC1c1cc(-c2cnc(N)c(OC(F)(F)F)c2)nn1C(C)C. The van der Waals surface area contributed by atoms with E-state index in [1.54, 1.807) is 0 Å². The Morgan fingerprint density at radius 3 is 2.57 bits per heavy atom. The van der Waals surface area contributed by atoms with Crippen molar-refractivity contribution in [1.82, 2.24) is 25.0 Å². The second-order valence-electron chi connectivity index (χ2n) is 8.50. The highest BCUT2D eigenvalue weighted by Gasteiger charge is 2.38. The van der Waals surface area contributed by atoms with E-state index in [0.29, 0.717) is 29.1 Å². The number of rotatable bonds is 5. The van der Waals surface area contributed by atoms with Gasteiger partial charge in [-0.1, -0.05) is 6.92 Å². The molecule has 2 fully saturated rings. The lowest BCUT2D eigenvalue weighted by atomic mass is 9.94. The van der Waals surface area contributed by atoms with E-state index in [0.717, 1.165) is 31.9 Å². The number of alkyl halides is 3. The molecule has 0 saturated carbocycles. The first kappa shape index (κ1) is 20.9. The summed E-state index contributed by atoms with van der Waals surface area (Å²) in [7, 11) is 0. The van der Waals surface area contributed by atoms with Crippen molar-refractivity contribution in [3.05, 3.63) is 24.0 Å². The average Bonchev–Trinajstić information content (AvgIpc) is 3.18. The van der Waals surface area contributed by atoms with E-state index >= 15 is 0 Å². The number of halogens is 3. The van der Waals surface area contributed by atoms with Crippen molar-refractivity contribution in [3.8, 4) is 17.0 Å². The normalized spacial score (nSPS) is 23.2. The molecule has 2 aromatic heterocycles. The van der Waals surface area contributed by atoms with Crippen LogP contribution < -0.4 is 15.8 Å². The number of aromatic nitrogens is 3. The zero-order valence-electron chi connectivity index (χ0n) is 17.3. The number of ether oxygens (including phenoxy) is 1. The number of nitrogens with zero attached hydrogens (tertiary/aromatic N) is 4. The van der Waals surface area contributed by atoms with E-state index in [1.807, 2.05) is 24.6 Å². The fourth-order valence-electron chi connectivity index (χ4n) is 4.26. The molecular weight excluding hydrogens is 397 g/mol. The van der Waals surface area contributed by atoms with Gasteiger partial charge in [0.15, 0.2) is 11.6 Å². The second-order valence-corrected chi connectivity index (χ2v) is 8.50. The monoisotopic (exact) mass is 424 g/mol. The van der Waals surface area contributed by atoms with Crippen LogP contribution in [0.1, 0.15) is 38.4 Å². The second kappa shape index (κ2) is 7.73. The van der Waals surface area contributed by atoms with Crippen LogP contribution in [0.4, 0.5) is 19.0 Å². The average molecular weight is 424 g/mol. The topological polar surface area (TPSA) is 81.2 Å². The molecule has 2 saturated heterocycles. The number of hydrogen-bond acceptors (Lipinski definition) is 6. The van der Waals surface area contributed by atoms with Crippen molar-refractivity contribution in [3.63, 3.8) is 0 Å². The van der Waals surface area contributed by atoms with Gasteiger partial charge < -0.3 is 15.8 Å². The minimum atomic E-state index is -4.84. The van der Waals surface area contributed by atoms with Crippen molar-refractivity contribution in [2.75, 3.05) is 31.9 Å². The van der Waals surface area contributed by atoms with Crippen LogP contribution in [0.3, 0.4) is 0 Å². The van der Waals surface area contributed by atoms with Gasteiger partial charge in [0.2, 0.25) is 0 Å². The number of nitrogen functional groups attached to an aromatic ring is 1. The van der Waals surface area contributed by atoms with Gasteiger partial charge in [0, 0.05) is 61.6 Å². The number of nitrogens with one attached hydrogen (secondary N) is 1. The Morgan fingerprint density at radius 1 is 1.23 bits per heavy atom. The lowest BCUT2D eigenvalue weighted by Crippen LogP contribution is -2.56. The Hall–Kier alpha value is -2.33. The molecule has 10 heteroatoms. The first-order chi connectivity index (χ1) is 14.1. The van der Waals surface area contributed by atoms with Crippen LogP contribution in [0, 0.1) is 5.92 Å². The highest BCUT2D eigenvalue weighted by atomic mass is 19.4. The molecule has 2 aromatic rings. The van der Waals surface area contributed by atoms with Gasteiger partial charge in [0.25, 0.3) is 0 Å². The Labute approximate surface area is 173 Å². The molecule has 0 radical (unpaired) electrons. The zero-order valence-corrected chi connectivity index (χ0v) is 17.3. The highest BCUT2D eigenvalue weighted by molar-refractivity contribution is 5.64. The van der Waals surface area contributed by atoms with Gasteiger partial charge >= 0.3 is 6.36 Å². The molecule has 4 heterocycles. The molecule has 2 unspecified atom stereocenters. The highest BCUT2D eigenvalue weighted by Crippen LogP contribution is 2.38. The van der Waals surface area contributed by atoms with Crippen molar-refractivity contribution >= 4 is 5.82 Å². The van der Waals surface area contributed by atoms with Crippen molar-refractivity contribution in [1.29, 1.82) is 0 Å². The summed E-state index contributed by atoms with van der Waals surface area (Å²) >= 11 is 0. The Kier molecular flexibility index (Phi) is 5.39. The van der Waals surface area contributed by atoms with Gasteiger partial charge in [-0.3, -0.25) is 9.58 Å². The van der Waals surface area contributed by atoms with E-state index in [1.165, 1.54) is 12.3 Å². The number of pyridine rings is 1. The summed E-state index contributed by atoms with van der Waals surface area (Å²) in [5, 5.41) is 8.02.